The third kappa shape index (κ3) is 3.86. The van der Waals surface area contributed by atoms with Crippen molar-refractivity contribution >= 4 is 5.91 Å². The number of carbonyl (C=O) groups is 1. The Balaban J connectivity index is 1.70. The number of nitrogens with one attached hydrogen (secondary N) is 1. The lowest BCUT2D eigenvalue weighted by atomic mass is 9.93. The SMILES string of the molecule is CCOc1cc([C@@H]2c3c(-c4cc(C)cc(C)c4O)n[nH]c3C(=O)N2Cc2cccnc2)ccc1O. The van der Waals surface area contributed by atoms with Crippen LogP contribution in [-0.4, -0.2) is 42.8 Å². The van der Waals surface area contributed by atoms with Crippen molar-refractivity contribution in [2.24, 2.45) is 0 Å². The number of benzene rings is 2. The van der Waals surface area contributed by atoms with Gasteiger partial charge in [-0.1, -0.05) is 18.2 Å². The zero-order valence-electron chi connectivity index (χ0n) is 19.7. The molecule has 35 heavy (non-hydrogen) atoms. The Labute approximate surface area is 202 Å². The number of nitrogens with zero attached hydrogens (tertiary/aromatic N) is 3. The highest BCUT2D eigenvalue weighted by atomic mass is 16.5. The van der Waals surface area contributed by atoms with Gasteiger partial charge in [0.05, 0.1) is 12.6 Å². The van der Waals surface area contributed by atoms with Crippen LogP contribution in [0, 0.1) is 13.8 Å². The molecule has 0 fully saturated rings. The zero-order chi connectivity index (χ0) is 24.7. The molecule has 0 aliphatic carbocycles. The normalized spacial score (nSPS) is 14.9. The highest BCUT2D eigenvalue weighted by Gasteiger charge is 2.43. The van der Waals surface area contributed by atoms with Gasteiger partial charge in [0.1, 0.15) is 17.1 Å². The van der Waals surface area contributed by atoms with Gasteiger partial charge in [0, 0.05) is 30.1 Å². The van der Waals surface area contributed by atoms with Crippen molar-refractivity contribution in [1.82, 2.24) is 20.1 Å². The minimum atomic E-state index is -0.522. The molecule has 178 valence electrons. The summed E-state index contributed by atoms with van der Waals surface area (Å²) in [7, 11) is 0. The highest BCUT2D eigenvalue weighted by molar-refractivity contribution is 6.00. The number of hydrogen-bond acceptors (Lipinski definition) is 6. The number of rotatable bonds is 6. The minimum Gasteiger partial charge on any atom is -0.507 e. The average Bonchev–Trinajstić information content (AvgIpc) is 3.38. The number of aryl methyl sites for hydroxylation is 2. The number of aromatic amines is 1. The second-order valence-electron chi connectivity index (χ2n) is 8.70. The van der Waals surface area contributed by atoms with Gasteiger partial charge in [-0.2, -0.15) is 5.10 Å². The lowest BCUT2D eigenvalue weighted by Gasteiger charge is -2.27. The molecule has 2 aromatic carbocycles. The topological polar surface area (TPSA) is 112 Å². The van der Waals surface area contributed by atoms with Crippen LogP contribution in [0.2, 0.25) is 0 Å². The summed E-state index contributed by atoms with van der Waals surface area (Å²) in [5.41, 5.74) is 5.46. The Bertz CT molecular complexity index is 1410. The number of phenols is 2. The van der Waals surface area contributed by atoms with E-state index in [9.17, 15) is 15.0 Å². The molecular weight excluding hydrogens is 444 g/mol. The van der Waals surface area contributed by atoms with Crippen molar-refractivity contribution in [3.8, 4) is 28.5 Å². The summed E-state index contributed by atoms with van der Waals surface area (Å²) in [4.78, 5) is 19.5. The molecule has 1 amide bonds. The van der Waals surface area contributed by atoms with E-state index in [1.807, 2.05) is 45.0 Å². The van der Waals surface area contributed by atoms with E-state index in [0.29, 0.717) is 41.4 Å². The third-order valence-corrected chi connectivity index (χ3v) is 6.24. The predicted octanol–water partition coefficient (Wildman–Crippen LogP) is 4.64. The van der Waals surface area contributed by atoms with Crippen LogP contribution < -0.4 is 4.74 Å². The molecule has 0 radical (unpaired) electrons. The van der Waals surface area contributed by atoms with Gasteiger partial charge in [-0.25, -0.2) is 0 Å². The Hall–Kier alpha value is -4.33. The summed E-state index contributed by atoms with van der Waals surface area (Å²) in [5, 5.41) is 28.6. The maximum Gasteiger partial charge on any atom is 0.273 e. The first-order valence-corrected chi connectivity index (χ1v) is 11.4. The van der Waals surface area contributed by atoms with Crippen molar-refractivity contribution in [3.05, 3.63) is 88.4 Å². The first kappa shape index (κ1) is 22.5. The number of carbonyl (C=O) groups excluding carboxylic acids is 1. The van der Waals surface area contributed by atoms with Gasteiger partial charge in [-0.3, -0.25) is 14.9 Å². The van der Waals surface area contributed by atoms with Crippen LogP contribution in [0.15, 0.2) is 54.9 Å². The number of pyridine rings is 1. The van der Waals surface area contributed by atoms with Gasteiger partial charge >= 0.3 is 0 Å². The van der Waals surface area contributed by atoms with Crippen molar-refractivity contribution in [2.45, 2.75) is 33.4 Å². The molecule has 0 saturated carbocycles. The van der Waals surface area contributed by atoms with Crippen LogP contribution in [0.5, 0.6) is 17.2 Å². The molecule has 3 N–H and O–H groups in total. The van der Waals surface area contributed by atoms with E-state index in [2.05, 4.69) is 15.2 Å². The first-order chi connectivity index (χ1) is 16.9. The predicted molar refractivity (Wildman–Crippen MR) is 130 cm³/mol. The molecule has 0 bridgehead atoms. The van der Waals surface area contributed by atoms with Crippen LogP contribution in [-0.2, 0) is 6.54 Å². The lowest BCUT2D eigenvalue weighted by molar-refractivity contribution is 0.0729. The lowest BCUT2D eigenvalue weighted by Crippen LogP contribution is -2.29. The molecule has 1 atom stereocenters. The number of aromatic hydroxyl groups is 2. The van der Waals surface area contributed by atoms with Crippen LogP contribution in [0.4, 0.5) is 0 Å². The van der Waals surface area contributed by atoms with Gasteiger partial charge in [-0.15, -0.1) is 0 Å². The minimum absolute atomic E-state index is 0.0262. The molecule has 5 rings (SSSR count). The fourth-order valence-electron chi connectivity index (χ4n) is 4.71. The molecule has 0 unspecified atom stereocenters. The summed E-state index contributed by atoms with van der Waals surface area (Å²) >= 11 is 0. The first-order valence-electron chi connectivity index (χ1n) is 11.4. The largest absolute Gasteiger partial charge is 0.507 e. The molecule has 0 spiro atoms. The molecule has 1 aliphatic heterocycles. The fraction of sp³-hybridized carbons (Fsp3) is 0.222. The van der Waals surface area contributed by atoms with Gasteiger partial charge in [0.25, 0.3) is 5.91 Å². The van der Waals surface area contributed by atoms with Crippen LogP contribution in [0.1, 0.15) is 51.3 Å². The van der Waals surface area contributed by atoms with Crippen LogP contribution in [0.25, 0.3) is 11.3 Å². The molecule has 8 heteroatoms. The maximum absolute atomic E-state index is 13.6. The van der Waals surface area contributed by atoms with Crippen LogP contribution in [0.3, 0.4) is 0 Å². The summed E-state index contributed by atoms with van der Waals surface area (Å²) in [6, 6.07) is 12.1. The van der Waals surface area contributed by atoms with E-state index in [1.165, 1.54) is 0 Å². The highest BCUT2D eigenvalue weighted by Crippen LogP contribution is 2.47. The summed E-state index contributed by atoms with van der Waals surface area (Å²) in [6.45, 7) is 6.34. The molecule has 2 aromatic heterocycles. The van der Waals surface area contributed by atoms with Crippen molar-refractivity contribution in [2.75, 3.05) is 6.61 Å². The number of amides is 1. The van der Waals surface area contributed by atoms with E-state index in [-0.39, 0.29) is 17.4 Å². The standard InChI is InChI=1S/C27H26N4O4/c1-4-35-21-12-18(7-8-20(21)32)25-22-23(19-11-15(2)10-16(3)26(19)33)29-30-24(22)27(34)31(25)14-17-6-5-9-28-13-17/h5-13,25,32-33H,4,14H2,1-3H3,(H,29,30)/t25-/m1/s1. The molecule has 3 heterocycles. The Morgan fingerprint density at radius 1 is 1.14 bits per heavy atom. The number of H-pyrrole nitrogens is 1. The van der Waals surface area contributed by atoms with Gasteiger partial charge in [0.15, 0.2) is 11.5 Å². The fourth-order valence-corrected chi connectivity index (χ4v) is 4.71. The monoisotopic (exact) mass is 470 g/mol. The number of fused-ring (bicyclic) bond motifs is 1. The summed E-state index contributed by atoms with van der Waals surface area (Å²) in [5.74, 6) is 0.287. The number of phenolic OH excluding ortho intramolecular Hbond substituents is 2. The number of ether oxygens (including phenoxy) is 1. The molecule has 1 aliphatic rings. The smallest absolute Gasteiger partial charge is 0.273 e. The van der Waals surface area contributed by atoms with Gasteiger partial charge in [0.2, 0.25) is 0 Å². The summed E-state index contributed by atoms with van der Waals surface area (Å²) in [6.07, 6.45) is 3.42. The summed E-state index contributed by atoms with van der Waals surface area (Å²) < 4.78 is 5.63. The Morgan fingerprint density at radius 3 is 2.71 bits per heavy atom. The number of hydrogen-bond donors (Lipinski definition) is 3. The third-order valence-electron chi connectivity index (χ3n) is 6.24. The van der Waals surface area contributed by atoms with Crippen molar-refractivity contribution in [3.63, 3.8) is 0 Å². The van der Waals surface area contributed by atoms with E-state index >= 15 is 0 Å². The van der Waals surface area contributed by atoms with Gasteiger partial charge in [-0.05, 0) is 67.3 Å². The molecule has 8 nitrogen and oxygen atoms in total. The van der Waals surface area contributed by atoms with E-state index < -0.39 is 6.04 Å². The van der Waals surface area contributed by atoms with E-state index in [1.54, 1.807) is 35.5 Å². The number of aromatic nitrogens is 3. The molecule has 4 aromatic rings. The zero-order valence-corrected chi connectivity index (χ0v) is 19.7. The van der Waals surface area contributed by atoms with Crippen molar-refractivity contribution in [1.29, 1.82) is 0 Å². The van der Waals surface area contributed by atoms with E-state index in [0.717, 1.165) is 22.3 Å². The second kappa shape index (κ2) is 8.79. The quantitative estimate of drug-likeness (QED) is 0.378. The second-order valence-corrected chi connectivity index (χ2v) is 8.70. The maximum atomic E-state index is 13.6. The molecular formula is C27H26N4O4. The van der Waals surface area contributed by atoms with Crippen molar-refractivity contribution < 1.29 is 19.7 Å². The van der Waals surface area contributed by atoms with E-state index in [4.69, 9.17) is 4.74 Å². The van der Waals surface area contributed by atoms with Crippen LogP contribution >= 0.6 is 0 Å². The average molecular weight is 471 g/mol. The molecule has 0 saturated heterocycles. The Kier molecular flexibility index (Phi) is 5.64. The van der Waals surface area contributed by atoms with Gasteiger partial charge < -0.3 is 19.8 Å². The Morgan fingerprint density at radius 2 is 1.97 bits per heavy atom.